The van der Waals surface area contributed by atoms with Crippen LogP contribution in [-0.4, -0.2) is 6.71 Å². The lowest BCUT2D eigenvalue weighted by Gasteiger charge is -2.48. The fourth-order valence-electron chi connectivity index (χ4n) is 5.11. The SMILES string of the molecule is CC1(C)B(c2ccccc2)C(C)(C)c2cccc3cccc1c23. The molecular formula is C22H23B. The summed E-state index contributed by atoms with van der Waals surface area (Å²) in [5, 5.41) is 3.03. The van der Waals surface area contributed by atoms with E-state index in [2.05, 4.69) is 94.4 Å². The Balaban J connectivity index is 2.10. The molecule has 0 fully saturated rings. The van der Waals surface area contributed by atoms with E-state index < -0.39 is 0 Å². The molecule has 0 aromatic heterocycles. The fourth-order valence-corrected chi connectivity index (χ4v) is 5.11. The summed E-state index contributed by atoms with van der Waals surface area (Å²) < 4.78 is 0. The number of hydrogen-bond acceptors (Lipinski definition) is 0. The van der Waals surface area contributed by atoms with E-state index in [-0.39, 0.29) is 10.6 Å². The first-order valence-corrected chi connectivity index (χ1v) is 8.51. The second-order valence-electron chi connectivity index (χ2n) is 8.00. The van der Waals surface area contributed by atoms with Crippen molar-refractivity contribution in [2.24, 2.45) is 0 Å². The third-order valence-electron chi connectivity index (χ3n) is 5.87. The third kappa shape index (κ3) is 1.92. The molecule has 0 bridgehead atoms. The van der Waals surface area contributed by atoms with Crippen molar-refractivity contribution in [3.63, 3.8) is 0 Å². The van der Waals surface area contributed by atoms with Crippen LogP contribution < -0.4 is 5.46 Å². The van der Waals surface area contributed by atoms with Gasteiger partial charge in [-0.15, -0.1) is 0 Å². The monoisotopic (exact) mass is 298 g/mol. The summed E-state index contributed by atoms with van der Waals surface area (Å²) in [4.78, 5) is 0. The minimum absolute atomic E-state index is 0.0959. The Morgan fingerprint density at radius 3 is 1.65 bits per heavy atom. The first kappa shape index (κ1) is 14.6. The highest BCUT2D eigenvalue weighted by molar-refractivity contribution is 6.79. The van der Waals surface area contributed by atoms with Gasteiger partial charge in [0.25, 0.3) is 0 Å². The van der Waals surface area contributed by atoms with Crippen molar-refractivity contribution in [3.8, 4) is 0 Å². The Labute approximate surface area is 139 Å². The highest BCUT2D eigenvalue weighted by Gasteiger charge is 2.51. The third-order valence-corrected chi connectivity index (χ3v) is 5.87. The highest BCUT2D eigenvalue weighted by Crippen LogP contribution is 2.47. The number of rotatable bonds is 1. The van der Waals surface area contributed by atoms with E-state index in [9.17, 15) is 0 Å². The maximum absolute atomic E-state index is 2.41. The summed E-state index contributed by atoms with van der Waals surface area (Å²) in [7, 11) is 0. The van der Waals surface area contributed by atoms with Crippen LogP contribution in [-0.2, 0) is 10.6 Å². The fraction of sp³-hybridized carbons (Fsp3) is 0.273. The highest BCUT2D eigenvalue weighted by atomic mass is 14.4. The van der Waals surface area contributed by atoms with Gasteiger partial charge in [0, 0.05) is 0 Å². The molecule has 0 atom stereocenters. The molecule has 0 saturated heterocycles. The van der Waals surface area contributed by atoms with E-state index in [1.54, 1.807) is 0 Å². The molecule has 1 heterocycles. The van der Waals surface area contributed by atoms with Crippen molar-refractivity contribution in [2.75, 3.05) is 0 Å². The largest absolute Gasteiger partial charge is 0.196 e. The van der Waals surface area contributed by atoms with E-state index in [1.165, 1.54) is 27.4 Å². The van der Waals surface area contributed by atoms with Crippen molar-refractivity contribution < 1.29 is 0 Å². The lowest BCUT2D eigenvalue weighted by atomic mass is 9.17. The van der Waals surface area contributed by atoms with Gasteiger partial charge in [0.05, 0.1) is 0 Å². The quantitative estimate of drug-likeness (QED) is 0.561. The van der Waals surface area contributed by atoms with Crippen LogP contribution in [0.1, 0.15) is 38.8 Å². The molecule has 1 aliphatic rings. The summed E-state index contributed by atoms with van der Waals surface area (Å²) in [6.45, 7) is 10.1. The van der Waals surface area contributed by atoms with Gasteiger partial charge in [-0.25, -0.2) is 0 Å². The number of hydrogen-bond donors (Lipinski definition) is 0. The molecule has 0 spiro atoms. The van der Waals surface area contributed by atoms with Gasteiger partial charge in [-0.2, -0.15) is 0 Å². The Kier molecular flexibility index (Phi) is 3.00. The van der Waals surface area contributed by atoms with Crippen LogP contribution in [0.4, 0.5) is 0 Å². The predicted molar refractivity (Wildman–Crippen MR) is 102 cm³/mol. The molecular weight excluding hydrogens is 275 g/mol. The predicted octanol–water partition coefficient (Wildman–Crippen LogP) is 4.89. The second-order valence-corrected chi connectivity index (χ2v) is 8.00. The summed E-state index contributed by atoms with van der Waals surface area (Å²) in [6.07, 6.45) is 0. The first-order chi connectivity index (χ1) is 10.9. The van der Waals surface area contributed by atoms with Gasteiger partial charge in [-0.1, -0.05) is 99.9 Å². The van der Waals surface area contributed by atoms with E-state index in [0.717, 1.165) is 0 Å². The molecule has 0 aliphatic carbocycles. The van der Waals surface area contributed by atoms with Crippen LogP contribution >= 0.6 is 0 Å². The maximum atomic E-state index is 2.41. The van der Waals surface area contributed by atoms with Gasteiger partial charge < -0.3 is 0 Å². The average molecular weight is 298 g/mol. The molecule has 0 radical (unpaired) electrons. The molecule has 0 amide bonds. The van der Waals surface area contributed by atoms with Crippen molar-refractivity contribution in [2.45, 2.75) is 38.3 Å². The van der Waals surface area contributed by atoms with Crippen LogP contribution in [0.15, 0.2) is 66.7 Å². The molecule has 0 unspecified atom stereocenters. The molecule has 0 N–H and O–H groups in total. The summed E-state index contributed by atoms with van der Waals surface area (Å²) >= 11 is 0. The summed E-state index contributed by atoms with van der Waals surface area (Å²) in [5.41, 5.74) is 4.41. The lowest BCUT2D eigenvalue weighted by Crippen LogP contribution is -2.61. The lowest BCUT2D eigenvalue weighted by molar-refractivity contribution is 0.636. The molecule has 0 saturated carbocycles. The molecule has 4 rings (SSSR count). The zero-order valence-corrected chi connectivity index (χ0v) is 14.4. The molecule has 23 heavy (non-hydrogen) atoms. The van der Waals surface area contributed by atoms with E-state index in [1.807, 2.05) is 0 Å². The molecule has 3 aromatic carbocycles. The summed E-state index contributed by atoms with van der Waals surface area (Å²) in [6, 6.07) is 24.6. The molecule has 3 aromatic rings. The van der Waals surface area contributed by atoms with Crippen LogP contribution in [0.2, 0.25) is 0 Å². The van der Waals surface area contributed by atoms with Crippen molar-refractivity contribution >= 4 is 22.9 Å². The van der Waals surface area contributed by atoms with Crippen LogP contribution in [0.25, 0.3) is 10.8 Å². The standard InChI is InChI=1S/C22H23B/c1-21(2)18-14-8-10-16-11-9-15-19(20(16)18)22(3,4)23(21)17-12-6-5-7-13-17/h5-15H,1-4H3. The van der Waals surface area contributed by atoms with Crippen molar-refractivity contribution in [1.29, 1.82) is 0 Å². The average Bonchev–Trinajstić information content (AvgIpc) is 2.53. The Morgan fingerprint density at radius 2 is 1.13 bits per heavy atom. The molecule has 0 nitrogen and oxygen atoms in total. The Bertz CT molecular complexity index is 824. The normalized spacial score (nSPS) is 18.2. The first-order valence-electron chi connectivity index (χ1n) is 8.51. The molecule has 1 heteroatoms. The topological polar surface area (TPSA) is 0 Å². The van der Waals surface area contributed by atoms with Gasteiger partial charge in [-0.05, 0) is 32.5 Å². The Morgan fingerprint density at radius 1 is 0.609 bits per heavy atom. The minimum Gasteiger partial charge on any atom is -0.0782 e. The van der Waals surface area contributed by atoms with Crippen molar-refractivity contribution in [3.05, 3.63) is 77.9 Å². The molecule has 1 aliphatic heterocycles. The van der Waals surface area contributed by atoms with E-state index in [0.29, 0.717) is 6.71 Å². The number of benzene rings is 3. The van der Waals surface area contributed by atoms with E-state index >= 15 is 0 Å². The van der Waals surface area contributed by atoms with Crippen LogP contribution in [0, 0.1) is 0 Å². The van der Waals surface area contributed by atoms with Gasteiger partial charge in [0.1, 0.15) is 0 Å². The molecule has 114 valence electrons. The van der Waals surface area contributed by atoms with Gasteiger partial charge in [0.15, 0.2) is 6.71 Å². The van der Waals surface area contributed by atoms with Gasteiger partial charge in [0.2, 0.25) is 0 Å². The van der Waals surface area contributed by atoms with Crippen molar-refractivity contribution in [1.82, 2.24) is 0 Å². The smallest absolute Gasteiger partial charge is 0.0782 e. The van der Waals surface area contributed by atoms with E-state index in [4.69, 9.17) is 0 Å². The van der Waals surface area contributed by atoms with Gasteiger partial charge >= 0.3 is 0 Å². The zero-order chi connectivity index (χ0) is 16.2. The van der Waals surface area contributed by atoms with Crippen LogP contribution in [0.3, 0.4) is 0 Å². The minimum atomic E-state index is 0.0959. The second kappa shape index (κ2) is 4.74. The van der Waals surface area contributed by atoms with Crippen LogP contribution in [0.5, 0.6) is 0 Å². The van der Waals surface area contributed by atoms with Gasteiger partial charge in [-0.3, -0.25) is 0 Å². The zero-order valence-electron chi connectivity index (χ0n) is 14.4. The maximum Gasteiger partial charge on any atom is 0.196 e. The Hall–Kier alpha value is -2.02. The summed E-state index contributed by atoms with van der Waals surface area (Å²) in [5.74, 6) is 0.